The van der Waals surface area contributed by atoms with Gasteiger partial charge in [0.15, 0.2) is 0 Å². The molecule has 0 spiro atoms. The molecule has 0 aromatic heterocycles. The smallest absolute Gasteiger partial charge is 0.0621 e. The third kappa shape index (κ3) is 3.11. The molecule has 0 saturated heterocycles. The molecule has 1 saturated carbocycles. The van der Waals surface area contributed by atoms with Gasteiger partial charge in [0, 0.05) is 12.1 Å². The Balaban J connectivity index is 2.27. The van der Waals surface area contributed by atoms with Crippen molar-refractivity contribution in [1.82, 2.24) is 5.32 Å². The molecule has 2 heteroatoms. The topological polar surface area (TPSA) is 32.3 Å². The van der Waals surface area contributed by atoms with Crippen LogP contribution in [-0.4, -0.2) is 22.8 Å². The predicted molar refractivity (Wildman–Crippen MR) is 51.2 cm³/mol. The Labute approximate surface area is 75.4 Å². The van der Waals surface area contributed by atoms with Crippen LogP contribution >= 0.6 is 0 Å². The highest BCUT2D eigenvalue weighted by molar-refractivity contribution is 4.85. The van der Waals surface area contributed by atoms with Gasteiger partial charge in [-0.15, -0.1) is 0 Å². The van der Waals surface area contributed by atoms with Crippen LogP contribution in [0.4, 0.5) is 0 Å². The molecule has 1 aliphatic rings. The van der Waals surface area contributed by atoms with Crippen LogP contribution in [0.25, 0.3) is 0 Å². The van der Waals surface area contributed by atoms with E-state index in [4.69, 9.17) is 0 Å². The van der Waals surface area contributed by atoms with Gasteiger partial charge in [-0.25, -0.2) is 0 Å². The molecule has 1 rings (SSSR count). The zero-order valence-electron chi connectivity index (χ0n) is 8.43. The predicted octanol–water partition coefficient (Wildman–Crippen LogP) is 1.68. The first-order valence-electron chi connectivity index (χ1n) is 4.98. The minimum absolute atomic E-state index is 0.394. The number of nitrogens with one attached hydrogen (secondary N) is 1. The standard InChI is InChI=1S/C10H21NO/c1-8(2)11-9-4-6-10(3,12)7-5-9/h8-9,11-12H,4-7H2,1-3H3. The first-order valence-corrected chi connectivity index (χ1v) is 4.98. The summed E-state index contributed by atoms with van der Waals surface area (Å²) in [5, 5.41) is 13.2. The summed E-state index contributed by atoms with van der Waals surface area (Å²) in [5.74, 6) is 0. The van der Waals surface area contributed by atoms with Gasteiger partial charge in [0.25, 0.3) is 0 Å². The summed E-state index contributed by atoms with van der Waals surface area (Å²) in [6.07, 6.45) is 4.12. The van der Waals surface area contributed by atoms with Crippen molar-refractivity contribution < 1.29 is 5.11 Å². The zero-order chi connectivity index (χ0) is 9.19. The lowest BCUT2D eigenvalue weighted by Crippen LogP contribution is -2.42. The highest BCUT2D eigenvalue weighted by atomic mass is 16.3. The summed E-state index contributed by atoms with van der Waals surface area (Å²) in [4.78, 5) is 0. The molecule has 0 aliphatic heterocycles. The van der Waals surface area contributed by atoms with Gasteiger partial charge in [-0.05, 0) is 32.6 Å². The fourth-order valence-electron chi connectivity index (χ4n) is 1.88. The van der Waals surface area contributed by atoms with Crippen LogP contribution in [0.5, 0.6) is 0 Å². The molecule has 0 unspecified atom stereocenters. The quantitative estimate of drug-likeness (QED) is 0.662. The maximum atomic E-state index is 9.70. The summed E-state index contributed by atoms with van der Waals surface area (Å²) >= 11 is 0. The second kappa shape index (κ2) is 3.75. The van der Waals surface area contributed by atoms with Crippen molar-refractivity contribution >= 4 is 0 Å². The van der Waals surface area contributed by atoms with Gasteiger partial charge < -0.3 is 10.4 Å². The van der Waals surface area contributed by atoms with Crippen LogP contribution in [-0.2, 0) is 0 Å². The lowest BCUT2D eigenvalue weighted by Gasteiger charge is -2.34. The molecule has 1 aliphatic carbocycles. The first-order chi connectivity index (χ1) is 5.49. The van der Waals surface area contributed by atoms with Crippen molar-refractivity contribution in [2.75, 3.05) is 0 Å². The number of hydrogen-bond acceptors (Lipinski definition) is 2. The summed E-state index contributed by atoms with van der Waals surface area (Å²) in [6.45, 7) is 6.29. The minimum Gasteiger partial charge on any atom is -0.390 e. The number of rotatable bonds is 2. The Bertz CT molecular complexity index is 133. The molecular weight excluding hydrogens is 150 g/mol. The van der Waals surface area contributed by atoms with E-state index in [1.165, 1.54) is 0 Å². The van der Waals surface area contributed by atoms with Gasteiger partial charge in [0.2, 0.25) is 0 Å². The fraction of sp³-hybridized carbons (Fsp3) is 1.00. The maximum absolute atomic E-state index is 9.70. The average molecular weight is 171 g/mol. The summed E-state index contributed by atoms with van der Waals surface area (Å²) in [6, 6.07) is 1.20. The molecule has 72 valence electrons. The number of hydrogen-bond donors (Lipinski definition) is 2. The molecule has 0 radical (unpaired) electrons. The summed E-state index contributed by atoms with van der Waals surface area (Å²) < 4.78 is 0. The van der Waals surface area contributed by atoms with Gasteiger partial charge in [-0.2, -0.15) is 0 Å². The molecule has 0 amide bonds. The Hall–Kier alpha value is -0.0800. The number of aliphatic hydroxyl groups is 1. The zero-order valence-corrected chi connectivity index (χ0v) is 8.43. The van der Waals surface area contributed by atoms with E-state index in [0.717, 1.165) is 25.7 Å². The molecule has 0 heterocycles. The third-order valence-electron chi connectivity index (χ3n) is 2.63. The van der Waals surface area contributed by atoms with Gasteiger partial charge in [-0.1, -0.05) is 13.8 Å². The molecule has 0 atom stereocenters. The first kappa shape index (κ1) is 10.0. The molecule has 12 heavy (non-hydrogen) atoms. The summed E-state index contributed by atoms with van der Waals surface area (Å²) in [7, 11) is 0. The van der Waals surface area contributed by atoms with Crippen LogP contribution in [0.15, 0.2) is 0 Å². The van der Waals surface area contributed by atoms with Crippen molar-refractivity contribution in [2.45, 2.75) is 64.1 Å². The molecule has 1 fully saturated rings. The Morgan fingerprint density at radius 1 is 1.33 bits per heavy atom. The Kier molecular flexibility index (Phi) is 3.13. The van der Waals surface area contributed by atoms with E-state index < -0.39 is 5.60 Å². The average Bonchev–Trinajstić information content (AvgIpc) is 1.93. The van der Waals surface area contributed by atoms with E-state index in [0.29, 0.717) is 12.1 Å². The van der Waals surface area contributed by atoms with Crippen molar-refractivity contribution in [3.63, 3.8) is 0 Å². The van der Waals surface area contributed by atoms with Crippen LogP contribution in [0.1, 0.15) is 46.5 Å². The Morgan fingerprint density at radius 3 is 2.25 bits per heavy atom. The van der Waals surface area contributed by atoms with Gasteiger partial charge in [0.1, 0.15) is 0 Å². The van der Waals surface area contributed by atoms with E-state index >= 15 is 0 Å². The van der Waals surface area contributed by atoms with Crippen LogP contribution < -0.4 is 5.32 Å². The third-order valence-corrected chi connectivity index (χ3v) is 2.63. The maximum Gasteiger partial charge on any atom is 0.0621 e. The molecular formula is C10H21NO. The summed E-state index contributed by atoms with van der Waals surface area (Å²) in [5.41, 5.74) is -0.394. The van der Waals surface area contributed by atoms with Crippen molar-refractivity contribution in [3.8, 4) is 0 Å². The van der Waals surface area contributed by atoms with Gasteiger partial charge in [0.05, 0.1) is 5.60 Å². The molecule has 2 nitrogen and oxygen atoms in total. The highest BCUT2D eigenvalue weighted by Gasteiger charge is 2.28. The SMILES string of the molecule is CC(C)NC1CCC(C)(O)CC1. The van der Waals surface area contributed by atoms with Crippen LogP contribution in [0.3, 0.4) is 0 Å². The van der Waals surface area contributed by atoms with Crippen molar-refractivity contribution in [3.05, 3.63) is 0 Å². The molecule has 0 aromatic rings. The van der Waals surface area contributed by atoms with E-state index in [-0.39, 0.29) is 0 Å². The van der Waals surface area contributed by atoms with E-state index in [9.17, 15) is 5.11 Å². The largest absolute Gasteiger partial charge is 0.390 e. The lowest BCUT2D eigenvalue weighted by atomic mass is 9.83. The fourth-order valence-corrected chi connectivity index (χ4v) is 1.88. The van der Waals surface area contributed by atoms with E-state index in [1.807, 2.05) is 6.92 Å². The minimum atomic E-state index is -0.394. The van der Waals surface area contributed by atoms with Crippen molar-refractivity contribution in [1.29, 1.82) is 0 Å². The van der Waals surface area contributed by atoms with Crippen LogP contribution in [0.2, 0.25) is 0 Å². The van der Waals surface area contributed by atoms with Crippen LogP contribution in [0, 0.1) is 0 Å². The van der Waals surface area contributed by atoms with Gasteiger partial charge in [-0.3, -0.25) is 0 Å². The van der Waals surface area contributed by atoms with E-state index in [1.54, 1.807) is 0 Å². The molecule has 0 bridgehead atoms. The molecule has 2 N–H and O–H groups in total. The second-order valence-corrected chi connectivity index (χ2v) is 4.59. The van der Waals surface area contributed by atoms with Crippen molar-refractivity contribution in [2.24, 2.45) is 0 Å². The van der Waals surface area contributed by atoms with E-state index in [2.05, 4.69) is 19.2 Å². The lowest BCUT2D eigenvalue weighted by molar-refractivity contribution is 0.0133. The Morgan fingerprint density at radius 2 is 1.83 bits per heavy atom. The monoisotopic (exact) mass is 171 g/mol. The molecule has 0 aromatic carbocycles. The second-order valence-electron chi connectivity index (χ2n) is 4.59. The highest BCUT2D eigenvalue weighted by Crippen LogP contribution is 2.27. The van der Waals surface area contributed by atoms with Gasteiger partial charge >= 0.3 is 0 Å². The normalized spacial score (nSPS) is 37.2.